The van der Waals surface area contributed by atoms with Gasteiger partial charge in [0.2, 0.25) is 0 Å². The van der Waals surface area contributed by atoms with Crippen LogP contribution < -0.4 is 0 Å². The van der Waals surface area contributed by atoms with Gasteiger partial charge in [-0.25, -0.2) is 28.8 Å². The van der Waals surface area contributed by atoms with E-state index in [2.05, 4.69) is 39.5 Å². The van der Waals surface area contributed by atoms with Crippen LogP contribution in [0.3, 0.4) is 0 Å². The molecular formula is C40H54O16. The Labute approximate surface area is 327 Å². The van der Waals surface area contributed by atoms with Gasteiger partial charge in [-0.3, -0.25) is 9.59 Å². The van der Waals surface area contributed by atoms with Gasteiger partial charge in [-0.05, 0) is 12.8 Å². The summed E-state index contributed by atoms with van der Waals surface area (Å²) in [5.74, 6) is -5.82. The SMILES string of the molecule is C=CC(=O)OCC(COC(=O)C=C)(COC(=O)C=C)COC(=O)CCCCCCCCCCC(=O)OCC(COC(=O)C=C)(COC(=O)C=C)COC(=O)C=C. The molecule has 0 rings (SSSR count). The summed E-state index contributed by atoms with van der Waals surface area (Å²) in [5.41, 5.74) is -2.81. The van der Waals surface area contributed by atoms with Crippen LogP contribution in [0.25, 0.3) is 0 Å². The molecule has 0 fully saturated rings. The summed E-state index contributed by atoms with van der Waals surface area (Å²) in [4.78, 5) is 95.5. The lowest BCUT2D eigenvalue weighted by Gasteiger charge is -2.31. The van der Waals surface area contributed by atoms with Crippen molar-refractivity contribution in [2.24, 2.45) is 10.8 Å². The van der Waals surface area contributed by atoms with E-state index in [4.69, 9.17) is 37.9 Å². The van der Waals surface area contributed by atoms with Gasteiger partial charge in [0.15, 0.2) is 0 Å². The molecule has 0 radical (unpaired) electrons. The fourth-order valence-electron chi connectivity index (χ4n) is 4.41. The molecule has 0 N–H and O–H groups in total. The smallest absolute Gasteiger partial charge is 0.330 e. The molecule has 16 nitrogen and oxygen atoms in total. The van der Waals surface area contributed by atoms with Crippen LogP contribution in [-0.4, -0.2) is 101 Å². The van der Waals surface area contributed by atoms with Gasteiger partial charge >= 0.3 is 47.8 Å². The Morgan fingerprint density at radius 2 is 0.482 bits per heavy atom. The van der Waals surface area contributed by atoms with E-state index in [9.17, 15) is 38.4 Å². The monoisotopic (exact) mass is 790 g/mol. The molecule has 0 aromatic heterocycles. The highest BCUT2D eigenvalue weighted by Gasteiger charge is 2.38. The van der Waals surface area contributed by atoms with E-state index in [1.165, 1.54) is 0 Å². The molecule has 0 aliphatic heterocycles. The van der Waals surface area contributed by atoms with E-state index < -0.39 is 98.2 Å². The molecule has 0 aliphatic carbocycles. The molecule has 310 valence electrons. The first kappa shape index (κ1) is 50.2. The van der Waals surface area contributed by atoms with E-state index in [1.54, 1.807) is 0 Å². The molecule has 16 heteroatoms. The van der Waals surface area contributed by atoms with E-state index in [0.717, 1.165) is 75.0 Å². The number of carbonyl (C=O) groups excluding carboxylic acids is 8. The molecule has 0 aromatic rings. The average molecular weight is 791 g/mol. The zero-order valence-electron chi connectivity index (χ0n) is 32.0. The normalized spacial score (nSPS) is 10.6. The number of rotatable bonds is 33. The van der Waals surface area contributed by atoms with Gasteiger partial charge in [-0.15, -0.1) is 0 Å². The minimum Gasteiger partial charge on any atom is -0.465 e. The van der Waals surface area contributed by atoms with Crippen LogP contribution in [0.4, 0.5) is 0 Å². The van der Waals surface area contributed by atoms with Crippen molar-refractivity contribution >= 4 is 47.8 Å². The Morgan fingerprint density at radius 1 is 0.304 bits per heavy atom. The molecule has 0 aromatic carbocycles. The Hall–Kier alpha value is -5.80. The molecule has 0 heterocycles. The van der Waals surface area contributed by atoms with Crippen molar-refractivity contribution in [1.29, 1.82) is 0 Å². The topological polar surface area (TPSA) is 210 Å². The maximum Gasteiger partial charge on any atom is 0.330 e. The van der Waals surface area contributed by atoms with Crippen molar-refractivity contribution in [1.82, 2.24) is 0 Å². The van der Waals surface area contributed by atoms with Crippen molar-refractivity contribution in [3.05, 3.63) is 75.9 Å². The molecule has 0 atom stereocenters. The lowest BCUT2D eigenvalue weighted by atomic mass is 9.92. The Balaban J connectivity index is 4.79. The highest BCUT2D eigenvalue weighted by Crippen LogP contribution is 2.24. The van der Waals surface area contributed by atoms with Crippen molar-refractivity contribution in [2.45, 2.75) is 64.2 Å². The predicted octanol–water partition coefficient (Wildman–Crippen LogP) is 4.32. The lowest BCUT2D eigenvalue weighted by Crippen LogP contribution is -2.43. The molecular weight excluding hydrogens is 736 g/mol. The van der Waals surface area contributed by atoms with Crippen LogP contribution in [0.5, 0.6) is 0 Å². The summed E-state index contributed by atoms with van der Waals surface area (Å²) in [6, 6.07) is 0. The second kappa shape index (κ2) is 29.5. The summed E-state index contributed by atoms with van der Waals surface area (Å²) in [6.45, 7) is 16.7. The van der Waals surface area contributed by atoms with Gasteiger partial charge in [0.1, 0.15) is 63.7 Å². The summed E-state index contributed by atoms with van der Waals surface area (Å²) in [5, 5.41) is 0. The van der Waals surface area contributed by atoms with Crippen molar-refractivity contribution in [2.75, 3.05) is 52.9 Å². The maximum atomic E-state index is 12.6. The second-order valence-electron chi connectivity index (χ2n) is 12.5. The molecule has 56 heavy (non-hydrogen) atoms. The molecule has 0 aliphatic rings. The number of unbranched alkanes of at least 4 members (excludes halogenated alkanes) is 7. The second-order valence-corrected chi connectivity index (χ2v) is 12.5. The molecule has 0 unspecified atom stereocenters. The summed E-state index contributed by atoms with van der Waals surface area (Å²) >= 11 is 0. The van der Waals surface area contributed by atoms with E-state index in [-0.39, 0.29) is 26.1 Å². The van der Waals surface area contributed by atoms with Gasteiger partial charge < -0.3 is 37.9 Å². The van der Waals surface area contributed by atoms with Crippen molar-refractivity contribution < 1.29 is 76.3 Å². The summed E-state index contributed by atoms with van der Waals surface area (Å²) < 4.78 is 41.5. The first-order chi connectivity index (χ1) is 26.7. The largest absolute Gasteiger partial charge is 0.465 e. The van der Waals surface area contributed by atoms with Crippen LogP contribution in [0, 0.1) is 10.8 Å². The van der Waals surface area contributed by atoms with Crippen molar-refractivity contribution in [3.63, 3.8) is 0 Å². The molecule has 0 amide bonds. The Morgan fingerprint density at radius 3 is 0.679 bits per heavy atom. The van der Waals surface area contributed by atoms with E-state index in [1.807, 2.05) is 0 Å². The van der Waals surface area contributed by atoms with Crippen LogP contribution in [0.1, 0.15) is 64.2 Å². The standard InChI is InChI=1S/C40H54O16/c1-7-31(41)49-23-39(24-50-32(42)8-2,25-51-33(43)9-3)29-55-37(47)21-19-17-15-13-14-16-18-20-22-38(48)56-30-40(26-52-34(44)10-4,27-53-35(45)11-5)28-54-36(46)12-6/h7-12H,1-6,13-30H2. The predicted molar refractivity (Wildman–Crippen MR) is 200 cm³/mol. The van der Waals surface area contributed by atoms with Gasteiger partial charge in [-0.2, -0.15) is 0 Å². The summed E-state index contributed by atoms with van der Waals surface area (Å²) in [6.07, 6.45) is 11.7. The number of carbonyl (C=O) groups is 8. The first-order valence-corrected chi connectivity index (χ1v) is 17.8. The zero-order valence-corrected chi connectivity index (χ0v) is 32.0. The maximum absolute atomic E-state index is 12.6. The van der Waals surface area contributed by atoms with Gasteiger partial charge in [0.25, 0.3) is 0 Å². The van der Waals surface area contributed by atoms with E-state index >= 15 is 0 Å². The average Bonchev–Trinajstić information content (AvgIpc) is 3.21. The highest BCUT2D eigenvalue weighted by atomic mass is 16.6. The fourth-order valence-corrected chi connectivity index (χ4v) is 4.41. The number of esters is 8. The van der Waals surface area contributed by atoms with Gasteiger partial charge in [0, 0.05) is 49.3 Å². The lowest BCUT2D eigenvalue weighted by molar-refractivity contribution is -0.169. The third-order valence-corrected chi connectivity index (χ3v) is 7.71. The van der Waals surface area contributed by atoms with Crippen LogP contribution in [0.2, 0.25) is 0 Å². The molecule has 0 spiro atoms. The van der Waals surface area contributed by atoms with Crippen LogP contribution in [0.15, 0.2) is 75.9 Å². The minimum absolute atomic E-state index is 0.0921. The number of hydrogen-bond donors (Lipinski definition) is 0. The quantitative estimate of drug-likeness (QED) is 0.0392. The van der Waals surface area contributed by atoms with Crippen LogP contribution >= 0.6 is 0 Å². The van der Waals surface area contributed by atoms with Gasteiger partial charge in [-0.1, -0.05) is 78.0 Å². The number of hydrogen-bond acceptors (Lipinski definition) is 16. The molecule has 0 saturated heterocycles. The molecule has 0 saturated carbocycles. The molecule has 0 bridgehead atoms. The van der Waals surface area contributed by atoms with Crippen LogP contribution in [-0.2, 0) is 76.3 Å². The number of ether oxygens (including phenoxy) is 8. The third-order valence-electron chi connectivity index (χ3n) is 7.71. The van der Waals surface area contributed by atoms with E-state index in [0.29, 0.717) is 12.8 Å². The fraction of sp³-hybridized carbons (Fsp3) is 0.500. The summed E-state index contributed by atoms with van der Waals surface area (Å²) in [7, 11) is 0. The Bertz CT molecular complexity index is 1170. The zero-order chi connectivity index (χ0) is 42.2. The Kier molecular flexibility index (Phi) is 26.5. The highest BCUT2D eigenvalue weighted by molar-refractivity contribution is 5.83. The third kappa shape index (κ3) is 23.8. The minimum atomic E-state index is -1.40. The van der Waals surface area contributed by atoms with Crippen molar-refractivity contribution in [3.8, 4) is 0 Å². The first-order valence-electron chi connectivity index (χ1n) is 17.8. The van der Waals surface area contributed by atoms with Gasteiger partial charge in [0.05, 0.1) is 0 Å².